The van der Waals surface area contributed by atoms with Crippen molar-refractivity contribution in [1.82, 2.24) is 0 Å². The van der Waals surface area contributed by atoms with Gasteiger partial charge in [0.2, 0.25) is 0 Å². The Morgan fingerprint density at radius 2 is 0.600 bits per heavy atom. The van der Waals surface area contributed by atoms with Crippen LogP contribution in [0.5, 0.6) is 0 Å². The van der Waals surface area contributed by atoms with Gasteiger partial charge in [0.15, 0.2) is 0 Å². The molecule has 65 heavy (non-hydrogen) atoms. The van der Waals surface area contributed by atoms with Crippen molar-refractivity contribution in [2.45, 2.75) is 173 Å². The molecule has 0 saturated heterocycles. The van der Waals surface area contributed by atoms with Crippen LogP contribution in [-0.4, -0.2) is 0 Å². The van der Waals surface area contributed by atoms with Crippen molar-refractivity contribution in [3.8, 4) is 33.4 Å². The van der Waals surface area contributed by atoms with Crippen LogP contribution in [0.1, 0.15) is 190 Å². The maximum Gasteiger partial charge on any atom is 0.0465 e. The Bertz CT molecular complexity index is 2490. The van der Waals surface area contributed by atoms with Crippen LogP contribution >= 0.6 is 15.9 Å². The van der Waals surface area contributed by atoms with E-state index < -0.39 is 0 Å². The van der Waals surface area contributed by atoms with Gasteiger partial charge in [-0.05, 0) is 154 Å². The van der Waals surface area contributed by atoms with Gasteiger partial charge in [0.1, 0.15) is 0 Å². The summed E-state index contributed by atoms with van der Waals surface area (Å²) in [5.74, 6) is 0. The van der Waals surface area contributed by atoms with Gasteiger partial charge < -0.3 is 4.90 Å². The number of fused-ring (bicyclic) bond motifs is 9. The molecule has 0 fully saturated rings. The summed E-state index contributed by atoms with van der Waals surface area (Å²) in [6.45, 7) is 14.2. The van der Waals surface area contributed by atoms with Gasteiger partial charge in [-0.15, -0.1) is 0 Å². The van der Waals surface area contributed by atoms with E-state index in [9.17, 15) is 0 Å². The van der Waals surface area contributed by atoms with E-state index in [1.807, 2.05) is 0 Å². The normalized spacial score (nSPS) is 15.2. The van der Waals surface area contributed by atoms with E-state index in [0.717, 1.165) is 0 Å². The number of hydrogen-bond donors (Lipinski definition) is 0. The topological polar surface area (TPSA) is 3.24 Å². The van der Waals surface area contributed by atoms with Crippen molar-refractivity contribution in [2.24, 2.45) is 0 Å². The largest absolute Gasteiger partial charge is 0.310 e. The van der Waals surface area contributed by atoms with Crippen molar-refractivity contribution >= 4 is 33.0 Å². The molecule has 0 radical (unpaired) electrons. The summed E-state index contributed by atoms with van der Waals surface area (Å²) < 4.78 is 1.19. The molecule has 0 aromatic heterocycles. The van der Waals surface area contributed by atoms with E-state index in [1.165, 1.54) is 193 Å². The molecule has 3 aliphatic rings. The summed E-state index contributed by atoms with van der Waals surface area (Å²) in [7, 11) is 0. The molecule has 3 aliphatic carbocycles. The highest BCUT2D eigenvalue weighted by Gasteiger charge is 2.46. The third-order valence-electron chi connectivity index (χ3n) is 16.3. The van der Waals surface area contributed by atoms with Gasteiger partial charge in [0.25, 0.3) is 0 Å². The molecule has 338 valence electrons. The van der Waals surface area contributed by atoms with E-state index in [1.54, 1.807) is 11.1 Å². The molecule has 0 aliphatic heterocycles. The molecule has 0 heterocycles. The Balaban J connectivity index is 1.30. The predicted octanol–water partition coefficient (Wildman–Crippen LogP) is 19.9. The number of benzene rings is 6. The first kappa shape index (κ1) is 45.7. The zero-order valence-corrected chi connectivity index (χ0v) is 42.2. The van der Waals surface area contributed by atoms with Crippen LogP contribution in [0.3, 0.4) is 0 Å². The van der Waals surface area contributed by atoms with Crippen molar-refractivity contribution in [1.29, 1.82) is 0 Å². The SMILES string of the molecule is CCCCC1(CCCC)c2ccccc2-c2ccc(N(c3ccc4c(c3)C(CCCC)(CCCC)c3ccccc3-4)c3ccc4c(c3)C(CCCC)(CCCC)c3cc(Br)ccc3-4)cc21. The number of anilines is 3. The second kappa shape index (κ2) is 19.4. The smallest absolute Gasteiger partial charge is 0.0465 e. The average molecular weight is 925 g/mol. The fourth-order valence-electron chi connectivity index (χ4n) is 13.1. The number of hydrogen-bond acceptors (Lipinski definition) is 1. The van der Waals surface area contributed by atoms with Crippen molar-refractivity contribution in [3.63, 3.8) is 0 Å². The first-order chi connectivity index (χ1) is 31.8. The fraction of sp³-hybridized carbons (Fsp3) is 0.429. The minimum Gasteiger partial charge on any atom is -0.310 e. The van der Waals surface area contributed by atoms with Gasteiger partial charge in [0.05, 0.1) is 0 Å². The molecule has 0 saturated carbocycles. The fourth-order valence-corrected chi connectivity index (χ4v) is 13.4. The third kappa shape index (κ3) is 7.76. The summed E-state index contributed by atoms with van der Waals surface area (Å²) in [4.78, 5) is 2.69. The van der Waals surface area contributed by atoms with Crippen LogP contribution in [0.2, 0.25) is 0 Å². The Morgan fingerprint density at radius 3 is 0.938 bits per heavy atom. The molecule has 0 unspecified atom stereocenters. The highest BCUT2D eigenvalue weighted by atomic mass is 79.9. The van der Waals surface area contributed by atoms with Gasteiger partial charge in [-0.25, -0.2) is 0 Å². The van der Waals surface area contributed by atoms with E-state index in [2.05, 4.69) is 184 Å². The van der Waals surface area contributed by atoms with Gasteiger partial charge in [-0.2, -0.15) is 0 Å². The van der Waals surface area contributed by atoms with Gasteiger partial charge in [0, 0.05) is 37.8 Å². The van der Waals surface area contributed by atoms with Crippen molar-refractivity contribution < 1.29 is 0 Å². The standard InChI is InChI=1S/C63H74BrN/c1-7-13-35-61(36-14-8-2)55-25-21-19-23-49(55)52-32-28-46(42-58(52)61)65(47-29-33-53-50-24-20-22-26-56(50)62(37-15-9-3,38-16-10-4)59(53)43-47)48-30-34-54-51-31-27-45(64)41-57(51)63(39-17-11-5,40-18-12-6)60(54)44-48/h19-34,41-44H,7-18,35-40H2,1-6H3. The second-order valence-corrected chi connectivity index (χ2v) is 21.1. The molecule has 0 amide bonds. The lowest BCUT2D eigenvalue weighted by Crippen LogP contribution is -2.27. The van der Waals surface area contributed by atoms with Crippen LogP contribution in [0.15, 0.2) is 126 Å². The second-order valence-electron chi connectivity index (χ2n) is 20.2. The van der Waals surface area contributed by atoms with E-state index in [-0.39, 0.29) is 16.2 Å². The molecule has 0 spiro atoms. The Labute approximate surface area is 401 Å². The summed E-state index contributed by atoms with van der Waals surface area (Å²) in [6.07, 6.45) is 21.7. The van der Waals surface area contributed by atoms with Gasteiger partial charge >= 0.3 is 0 Å². The summed E-state index contributed by atoms with van der Waals surface area (Å²) in [5, 5.41) is 0. The third-order valence-corrected chi connectivity index (χ3v) is 16.8. The lowest BCUT2D eigenvalue weighted by Gasteiger charge is -2.36. The zero-order chi connectivity index (χ0) is 45.2. The van der Waals surface area contributed by atoms with E-state index >= 15 is 0 Å². The first-order valence-electron chi connectivity index (χ1n) is 26.1. The van der Waals surface area contributed by atoms with E-state index in [4.69, 9.17) is 0 Å². The van der Waals surface area contributed by atoms with Crippen molar-refractivity contribution in [3.05, 3.63) is 159 Å². The summed E-state index contributed by atoms with van der Waals surface area (Å²) in [5.41, 5.74) is 21.7. The number of rotatable bonds is 21. The lowest BCUT2D eigenvalue weighted by atomic mass is 9.70. The van der Waals surface area contributed by atoms with Crippen LogP contribution < -0.4 is 4.90 Å². The van der Waals surface area contributed by atoms with Crippen LogP contribution in [0.4, 0.5) is 17.1 Å². The zero-order valence-electron chi connectivity index (χ0n) is 40.6. The maximum absolute atomic E-state index is 3.94. The molecular formula is C63H74BrN. The molecule has 6 aromatic carbocycles. The van der Waals surface area contributed by atoms with Gasteiger partial charge in [-0.3, -0.25) is 0 Å². The van der Waals surface area contributed by atoms with Crippen molar-refractivity contribution in [2.75, 3.05) is 4.90 Å². The van der Waals surface area contributed by atoms with Crippen LogP contribution in [0.25, 0.3) is 33.4 Å². The molecule has 1 nitrogen and oxygen atoms in total. The molecule has 0 bridgehead atoms. The number of halogens is 1. The number of unbranched alkanes of at least 4 members (excludes halogenated alkanes) is 6. The summed E-state index contributed by atoms with van der Waals surface area (Å²) >= 11 is 3.94. The highest BCUT2D eigenvalue weighted by Crippen LogP contribution is 2.60. The first-order valence-corrected chi connectivity index (χ1v) is 26.9. The van der Waals surface area contributed by atoms with Gasteiger partial charge in [-0.1, -0.05) is 207 Å². The quantitative estimate of drug-likeness (QED) is 0.0695. The average Bonchev–Trinajstić information content (AvgIpc) is 3.88. The highest BCUT2D eigenvalue weighted by molar-refractivity contribution is 9.10. The molecule has 9 rings (SSSR count). The van der Waals surface area contributed by atoms with E-state index in [0.29, 0.717) is 0 Å². The molecule has 6 aromatic rings. The minimum atomic E-state index is -0.0216. The molecule has 2 heteroatoms. The molecule has 0 atom stereocenters. The molecule has 0 N–H and O–H groups in total. The molecular weight excluding hydrogens is 851 g/mol. The Kier molecular flexibility index (Phi) is 13.7. The number of nitrogens with zero attached hydrogens (tertiary/aromatic N) is 1. The summed E-state index contributed by atoms with van der Waals surface area (Å²) in [6, 6.07) is 48.8. The predicted molar refractivity (Wildman–Crippen MR) is 285 cm³/mol. The Hall–Kier alpha value is -4.40. The van der Waals surface area contributed by atoms with Crippen LogP contribution in [-0.2, 0) is 16.2 Å². The minimum absolute atomic E-state index is 0.0110. The monoisotopic (exact) mass is 924 g/mol. The lowest BCUT2D eigenvalue weighted by molar-refractivity contribution is 0.414. The van der Waals surface area contributed by atoms with Crippen LogP contribution in [0, 0.1) is 0 Å². The maximum atomic E-state index is 3.94. The Morgan fingerprint density at radius 1 is 0.323 bits per heavy atom.